The van der Waals surface area contributed by atoms with Crippen LogP contribution in [-0.4, -0.2) is 5.78 Å². The fraction of sp³-hybridized carbons (Fsp3) is 0.0714. The summed E-state index contributed by atoms with van der Waals surface area (Å²) in [5.41, 5.74) is -0.108. The standard InChI is InChI=1S/C14H8F3O/c15-14(16,17)12-8-6-11(7-9-12)13(18)10-4-2-1-3-5-10/h2-9H. The molecule has 0 aliphatic carbocycles. The normalized spacial score (nSPS) is 11.3. The summed E-state index contributed by atoms with van der Waals surface area (Å²) < 4.78 is 37.1. The minimum atomic E-state index is -4.39. The van der Waals surface area contributed by atoms with E-state index in [4.69, 9.17) is 0 Å². The highest BCUT2D eigenvalue weighted by Gasteiger charge is 2.30. The van der Waals surface area contributed by atoms with E-state index in [0.29, 0.717) is 5.56 Å². The van der Waals surface area contributed by atoms with E-state index in [0.717, 1.165) is 12.1 Å². The van der Waals surface area contributed by atoms with Crippen LogP contribution in [0.5, 0.6) is 0 Å². The molecule has 0 aliphatic heterocycles. The topological polar surface area (TPSA) is 17.1 Å². The number of carbonyl (C=O) groups is 1. The first-order valence-corrected chi connectivity index (χ1v) is 5.16. The summed E-state index contributed by atoms with van der Waals surface area (Å²) in [4.78, 5) is 11.9. The van der Waals surface area contributed by atoms with E-state index < -0.39 is 11.7 Å². The van der Waals surface area contributed by atoms with Gasteiger partial charge in [-0.3, -0.25) is 4.79 Å². The lowest BCUT2D eigenvalue weighted by molar-refractivity contribution is -0.137. The molecule has 0 amide bonds. The van der Waals surface area contributed by atoms with Crippen molar-refractivity contribution in [2.24, 2.45) is 0 Å². The molecule has 0 saturated carbocycles. The fourth-order valence-electron chi connectivity index (χ4n) is 1.52. The smallest absolute Gasteiger partial charge is 0.289 e. The third-order valence-electron chi connectivity index (χ3n) is 2.45. The van der Waals surface area contributed by atoms with E-state index in [1.54, 1.807) is 24.3 Å². The van der Waals surface area contributed by atoms with Gasteiger partial charge in [0.15, 0.2) is 5.78 Å². The lowest BCUT2D eigenvalue weighted by Gasteiger charge is -2.07. The largest absolute Gasteiger partial charge is 0.416 e. The van der Waals surface area contributed by atoms with E-state index in [9.17, 15) is 18.0 Å². The lowest BCUT2D eigenvalue weighted by atomic mass is 10.0. The maximum atomic E-state index is 12.4. The predicted molar refractivity (Wildman–Crippen MR) is 60.2 cm³/mol. The number of carbonyl (C=O) groups excluding carboxylic acids is 1. The molecule has 0 atom stereocenters. The summed E-state index contributed by atoms with van der Waals surface area (Å²) in [5, 5.41) is 0. The molecule has 2 rings (SSSR count). The molecule has 1 nitrogen and oxygen atoms in total. The molecule has 0 aliphatic rings. The van der Waals surface area contributed by atoms with Crippen LogP contribution in [-0.2, 0) is 6.18 Å². The van der Waals surface area contributed by atoms with Crippen molar-refractivity contribution in [2.75, 3.05) is 0 Å². The summed E-state index contributed by atoms with van der Waals surface area (Å²) in [6.07, 6.45) is -4.39. The van der Waals surface area contributed by atoms with Crippen molar-refractivity contribution in [3.63, 3.8) is 0 Å². The number of hydrogen-bond acceptors (Lipinski definition) is 1. The molecule has 4 heteroatoms. The Morgan fingerprint density at radius 1 is 0.889 bits per heavy atom. The number of ketones is 1. The van der Waals surface area contributed by atoms with Crippen LogP contribution in [0.15, 0.2) is 48.5 Å². The Bertz CT molecular complexity index is 542. The van der Waals surface area contributed by atoms with Crippen LogP contribution in [0.2, 0.25) is 0 Å². The van der Waals surface area contributed by atoms with Gasteiger partial charge in [0.05, 0.1) is 5.56 Å². The lowest BCUT2D eigenvalue weighted by Crippen LogP contribution is -2.06. The molecule has 0 spiro atoms. The number of hydrogen-bond donors (Lipinski definition) is 0. The number of rotatable bonds is 2. The number of benzene rings is 2. The van der Waals surface area contributed by atoms with Gasteiger partial charge in [0.2, 0.25) is 0 Å². The van der Waals surface area contributed by atoms with Crippen LogP contribution in [0.1, 0.15) is 21.5 Å². The first kappa shape index (κ1) is 12.4. The van der Waals surface area contributed by atoms with Crippen molar-refractivity contribution in [1.82, 2.24) is 0 Å². The highest BCUT2D eigenvalue weighted by Crippen LogP contribution is 2.29. The highest BCUT2D eigenvalue weighted by atomic mass is 19.4. The zero-order valence-corrected chi connectivity index (χ0v) is 9.16. The average molecular weight is 249 g/mol. The SMILES string of the molecule is O=C(c1cc[c]cc1)c1ccc(C(F)(F)F)cc1. The molecule has 0 heterocycles. The van der Waals surface area contributed by atoms with E-state index in [1.807, 2.05) is 0 Å². The molecular formula is C14H8F3O. The van der Waals surface area contributed by atoms with Crippen LogP contribution in [0.3, 0.4) is 0 Å². The highest BCUT2D eigenvalue weighted by molar-refractivity contribution is 6.08. The third kappa shape index (κ3) is 2.59. The van der Waals surface area contributed by atoms with Gasteiger partial charge in [-0.05, 0) is 18.2 Å². The molecule has 0 fully saturated rings. The second-order valence-corrected chi connectivity index (χ2v) is 3.69. The van der Waals surface area contributed by atoms with E-state index in [-0.39, 0.29) is 11.3 Å². The van der Waals surface area contributed by atoms with E-state index >= 15 is 0 Å². The summed E-state index contributed by atoms with van der Waals surface area (Å²) >= 11 is 0. The zero-order chi connectivity index (χ0) is 13.2. The van der Waals surface area contributed by atoms with Crippen LogP contribution >= 0.6 is 0 Å². The molecule has 0 aromatic heterocycles. The zero-order valence-electron chi connectivity index (χ0n) is 9.16. The first-order chi connectivity index (χ1) is 8.48. The summed E-state index contributed by atoms with van der Waals surface area (Å²) in [6, 6.07) is 13.2. The van der Waals surface area contributed by atoms with Crippen molar-refractivity contribution in [2.45, 2.75) is 6.18 Å². The first-order valence-electron chi connectivity index (χ1n) is 5.16. The quantitative estimate of drug-likeness (QED) is 0.741. The Balaban J connectivity index is 2.28. The minimum absolute atomic E-state index is 0.231. The monoisotopic (exact) mass is 249 g/mol. The molecule has 1 radical (unpaired) electrons. The molecule has 2 aromatic carbocycles. The maximum absolute atomic E-state index is 12.4. The van der Waals surface area contributed by atoms with Gasteiger partial charge in [-0.25, -0.2) is 0 Å². The van der Waals surface area contributed by atoms with E-state index in [1.165, 1.54) is 12.1 Å². The van der Waals surface area contributed by atoms with Gasteiger partial charge in [0, 0.05) is 11.1 Å². The van der Waals surface area contributed by atoms with Crippen molar-refractivity contribution in [3.8, 4) is 0 Å². The van der Waals surface area contributed by atoms with Crippen molar-refractivity contribution >= 4 is 5.78 Å². The predicted octanol–water partition coefficient (Wildman–Crippen LogP) is 3.74. The Kier molecular flexibility index (Phi) is 3.19. The van der Waals surface area contributed by atoms with Gasteiger partial charge >= 0.3 is 6.18 Å². The maximum Gasteiger partial charge on any atom is 0.416 e. The molecular weight excluding hydrogens is 241 g/mol. The second-order valence-electron chi connectivity index (χ2n) is 3.69. The average Bonchev–Trinajstić information content (AvgIpc) is 2.38. The summed E-state index contributed by atoms with van der Waals surface area (Å²) in [6.45, 7) is 0. The second kappa shape index (κ2) is 4.64. The van der Waals surface area contributed by atoms with E-state index in [2.05, 4.69) is 6.07 Å². The van der Waals surface area contributed by atoms with Gasteiger partial charge in [-0.1, -0.05) is 36.4 Å². The Morgan fingerprint density at radius 3 is 1.89 bits per heavy atom. The Hall–Kier alpha value is -2.10. The van der Waals surface area contributed by atoms with Gasteiger partial charge in [-0.2, -0.15) is 13.2 Å². The summed E-state index contributed by atoms with van der Waals surface area (Å²) in [5.74, 6) is -0.308. The Labute approximate surface area is 102 Å². The van der Waals surface area contributed by atoms with Crippen molar-refractivity contribution in [1.29, 1.82) is 0 Å². The van der Waals surface area contributed by atoms with Crippen LogP contribution in [0, 0.1) is 6.07 Å². The number of alkyl halides is 3. The van der Waals surface area contributed by atoms with Crippen molar-refractivity contribution < 1.29 is 18.0 Å². The number of halogens is 3. The summed E-state index contributed by atoms with van der Waals surface area (Å²) in [7, 11) is 0. The molecule has 0 N–H and O–H groups in total. The van der Waals surface area contributed by atoms with Crippen molar-refractivity contribution in [3.05, 3.63) is 71.3 Å². The molecule has 2 aromatic rings. The minimum Gasteiger partial charge on any atom is -0.289 e. The molecule has 91 valence electrons. The van der Waals surface area contributed by atoms with Crippen LogP contribution < -0.4 is 0 Å². The molecule has 0 saturated heterocycles. The van der Waals surface area contributed by atoms with Gasteiger partial charge in [0.1, 0.15) is 0 Å². The third-order valence-corrected chi connectivity index (χ3v) is 2.45. The molecule has 18 heavy (non-hydrogen) atoms. The van der Waals surface area contributed by atoms with Crippen LogP contribution in [0.25, 0.3) is 0 Å². The molecule has 0 unspecified atom stereocenters. The van der Waals surface area contributed by atoms with Crippen LogP contribution in [0.4, 0.5) is 13.2 Å². The Morgan fingerprint density at radius 2 is 1.39 bits per heavy atom. The molecule has 0 bridgehead atoms. The van der Waals surface area contributed by atoms with Gasteiger partial charge in [-0.15, -0.1) is 0 Å². The fourth-order valence-corrected chi connectivity index (χ4v) is 1.52. The van der Waals surface area contributed by atoms with Gasteiger partial charge in [0.25, 0.3) is 0 Å². The van der Waals surface area contributed by atoms with Gasteiger partial charge < -0.3 is 0 Å².